The topological polar surface area (TPSA) is 41.1 Å². The highest BCUT2D eigenvalue weighted by atomic mass is 19.4. The van der Waals surface area contributed by atoms with Gasteiger partial charge in [0, 0.05) is 6.04 Å². The summed E-state index contributed by atoms with van der Waals surface area (Å²) in [5.74, 6) is -1.39. The normalized spacial score (nSPS) is 33.4. The molecule has 3 unspecified atom stereocenters. The second-order valence-corrected chi connectivity index (χ2v) is 5.26. The first-order valence-electron chi connectivity index (χ1n) is 6.57. The molecule has 2 aliphatic rings. The standard InChI is InChI=1S/C12H19F3N2O/c13-12(14,15)8-3-1-4-9(7-8)17-11(18)10-5-2-6-16-10/h8-10,16H,1-7H2,(H,17,18). The van der Waals surface area contributed by atoms with Crippen molar-refractivity contribution in [2.75, 3.05) is 6.54 Å². The Hall–Kier alpha value is -0.780. The Labute approximate surface area is 104 Å². The largest absolute Gasteiger partial charge is 0.391 e. The van der Waals surface area contributed by atoms with Gasteiger partial charge in [0.15, 0.2) is 0 Å². The van der Waals surface area contributed by atoms with Crippen LogP contribution in [0.3, 0.4) is 0 Å². The molecule has 2 fully saturated rings. The second-order valence-electron chi connectivity index (χ2n) is 5.26. The van der Waals surface area contributed by atoms with E-state index in [4.69, 9.17) is 0 Å². The first-order valence-corrected chi connectivity index (χ1v) is 6.57. The van der Waals surface area contributed by atoms with Crippen LogP contribution in [0, 0.1) is 5.92 Å². The average Bonchev–Trinajstić information content (AvgIpc) is 2.81. The molecule has 0 aromatic rings. The zero-order valence-electron chi connectivity index (χ0n) is 10.2. The van der Waals surface area contributed by atoms with Gasteiger partial charge >= 0.3 is 6.18 Å². The number of carbonyl (C=O) groups excluding carboxylic acids is 1. The highest BCUT2D eigenvalue weighted by Crippen LogP contribution is 2.37. The summed E-state index contributed by atoms with van der Waals surface area (Å²) in [6, 6.07) is -0.531. The zero-order valence-corrected chi connectivity index (χ0v) is 10.2. The monoisotopic (exact) mass is 264 g/mol. The van der Waals surface area contributed by atoms with Crippen molar-refractivity contribution < 1.29 is 18.0 Å². The number of rotatable bonds is 2. The molecule has 0 aromatic carbocycles. The number of hydrogen-bond acceptors (Lipinski definition) is 2. The average molecular weight is 264 g/mol. The number of alkyl halides is 3. The molecule has 6 heteroatoms. The smallest absolute Gasteiger partial charge is 0.352 e. The van der Waals surface area contributed by atoms with Gasteiger partial charge in [0.2, 0.25) is 5.91 Å². The summed E-state index contributed by atoms with van der Waals surface area (Å²) in [5.41, 5.74) is 0. The Kier molecular flexibility index (Phi) is 4.14. The van der Waals surface area contributed by atoms with E-state index >= 15 is 0 Å². The summed E-state index contributed by atoms with van der Waals surface area (Å²) in [4.78, 5) is 11.8. The van der Waals surface area contributed by atoms with Crippen LogP contribution in [-0.4, -0.2) is 30.7 Å². The van der Waals surface area contributed by atoms with E-state index in [1.807, 2.05) is 0 Å². The highest BCUT2D eigenvalue weighted by molar-refractivity contribution is 5.82. The molecule has 1 saturated carbocycles. The van der Waals surface area contributed by atoms with Gasteiger partial charge in [0.05, 0.1) is 12.0 Å². The maximum Gasteiger partial charge on any atom is 0.391 e. The lowest BCUT2D eigenvalue weighted by atomic mass is 9.85. The van der Waals surface area contributed by atoms with E-state index in [0.29, 0.717) is 12.8 Å². The molecule has 3 atom stereocenters. The lowest BCUT2D eigenvalue weighted by Gasteiger charge is -2.31. The highest BCUT2D eigenvalue weighted by Gasteiger charge is 2.42. The molecule has 2 N–H and O–H groups in total. The zero-order chi connectivity index (χ0) is 13.2. The molecular formula is C12H19F3N2O. The molecule has 3 nitrogen and oxygen atoms in total. The number of nitrogens with one attached hydrogen (secondary N) is 2. The lowest BCUT2D eigenvalue weighted by Crippen LogP contribution is -2.47. The van der Waals surface area contributed by atoms with Crippen molar-refractivity contribution in [3.63, 3.8) is 0 Å². The summed E-state index contributed by atoms with van der Waals surface area (Å²) < 4.78 is 37.9. The van der Waals surface area contributed by atoms with Gasteiger partial charge in [-0.2, -0.15) is 13.2 Å². The van der Waals surface area contributed by atoms with Crippen LogP contribution in [0.2, 0.25) is 0 Å². The lowest BCUT2D eigenvalue weighted by molar-refractivity contribution is -0.184. The van der Waals surface area contributed by atoms with Crippen molar-refractivity contribution >= 4 is 5.91 Å². The van der Waals surface area contributed by atoms with Crippen molar-refractivity contribution in [3.05, 3.63) is 0 Å². The molecule has 104 valence electrons. The number of hydrogen-bond donors (Lipinski definition) is 2. The van der Waals surface area contributed by atoms with Crippen molar-refractivity contribution in [2.45, 2.75) is 56.8 Å². The Morgan fingerprint density at radius 3 is 2.56 bits per heavy atom. The first-order chi connectivity index (χ1) is 8.47. The Bertz CT molecular complexity index is 300. The third kappa shape index (κ3) is 3.37. The van der Waals surface area contributed by atoms with E-state index in [9.17, 15) is 18.0 Å². The molecule has 1 saturated heterocycles. The maximum atomic E-state index is 12.6. The molecule has 2 rings (SSSR count). The summed E-state index contributed by atoms with van der Waals surface area (Å²) in [7, 11) is 0. The van der Waals surface area contributed by atoms with Gasteiger partial charge in [0.1, 0.15) is 0 Å². The predicted octanol–water partition coefficient (Wildman–Crippen LogP) is 1.98. The van der Waals surface area contributed by atoms with Gasteiger partial charge in [-0.15, -0.1) is 0 Å². The molecule has 1 aliphatic carbocycles. The van der Waals surface area contributed by atoms with E-state index in [1.54, 1.807) is 0 Å². The maximum absolute atomic E-state index is 12.6. The Morgan fingerprint density at radius 1 is 1.17 bits per heavy atom. The van der Waals surface area contributed by atoms with Crippen molar-refractivity contribution in [3.8, 4) is 0 Å². The first kappa shape index (κ1) is 13.6. The van der Waals surface area contributed by atoms with Crippen LogP contribution in [0.5, 0.6) is 0 Å². The van der Waals surface area contributed by atoms with E-state index in [2.05, 4.69) is 10.6 Å². The van der Waals surface area contributed by atoms with Crippen LogP contribution >= 0.6 is 0 Å². The summed E-state index contributed by atoms with van der Waals surface area (Å²) in [5, 5.41) is 5.81. The van der Waals surface area contributed by atoms with E-state index in [0.717, 1.165) is 19.4 Å². The van der Waals surface area contributed by atoms with E-state index in [-0.39, 0.29) is 30.8 Å². The third-order valence-corrected chi connectivity index (χ3v) is 3.86. The molecule has 0 spiro atoms. The van der Waals surface area contributed by atoms with Gasteiger partial charge in [-0.25, -0.2) is 0 Å². The fraction of sp³-hybridized carbons (Fsp3) is 0.917. The number of carbonyl (C=O) groups is 1. The van der Waals surface area contributed by atoms with Crippen molar-refractivity contribution in [2.24, 2.45) is 5.92 Å². The Morgan fingerprint density at radius 2 is 1.94 bits per heavy atom. The fourth-order valence-electron chi connectivity index (χ4n) is 2.83. The fourth-order valence-corrected chi connectivity index (χ4v) is 2.83. The summed E-state index contributed by atoms with van der Waals surface area (Å²) >= 11 is 0. The minimum atomic E-state index is -4.13. The number of amides is 1. The van der Waals surface area contributed by atoms with Crippen molar-refractivity contribution in [1.82, 2.24) is 10.6 Å². The van der Waals surface area contributed by atoms with E-state index < -0.39 is 12.1 Å². The molecule has 1 heterocycles. The molecule has 1 aliphatic heterocycles. The van der Waals surface area contributed by atoms with E-state index in [1.165, 1.54) is 0 Å². The van der Waals surface area contributed by atoms with Gasteiger partial charge in [-0.1, -0.05) is 6.42 Å². The second kappa shape index (κ2) is 5.47. The van der Waals surface area contributed by atoms with Crippen molar-refractivity contribution in [1.29, 1.82) is 0 Å². The van der Waals surface area contributed by atoms with Crippen LogP contribution < -0.4 is 10.6 Å². The predicted molar refractivity (Wildman–Crippen MR) is 61.0 cm³/mol. The third-order valence-electron chi connectivity index (χ3n) is 3.86. The quantitative estimate of drug-likeness (QED) is 0.800. The van der Waals surface area contributed by atoms with Gasteiger partial charge in [-0.3, -0.25) is 4.79 Å². The van der Waals surface area contributed by atoms with Crippen LogP contribution in [-0.2, 0) is 4.79 Å². The van der Waals surface area contributed by atoms with Crippen LogP contribution in [0.15, 0.2) is 0 Å². The molecule has 1 amide bonds. The number of halogens is 3. The SMILES string of the molecule is O=C(NC1CCCC(C(F)(F)F)C1)C1CCCN1. The molecular weight excluding hydrogens is 245 g/mol. The van der Waals surface area contributed by atoms with Gasteiger partial charge < -0.3 is 10.6 Å². The molecule has 0 radical (unpaired) electrons. The summed E-state index contributed by atoms with van der Waals surface area (Å²) in [6.07, 6.45) is -0.984. The van der Waals surface area contributed by atoms with Gasteiger partial charge in [0.25, 0.3) is 0 Å². The van der Waals surface area contributed by atoms with Gasteiger partial charge in [-0.05, 0) is 38.6 Å². The summed E-state index contributed by atoms with van der Waals surface area (Å²) in [6.45, 7) is 0.813. The van der Waals surface area contributed by atoms with Crippen LogP contribution in [0.1, 0.15) is 38.5 Å². The van der Waals surface area contributed by atoms with Crippen LogP contribution in [0.4, 0.5) is 13.2 Å². The molecule has 0 bridgehead atoms. The minimum Gasteiger partial charge on any atom is -0.352 e. The molecule has 18 heavy (non-hydrogen) atoms. The minimum absolute atomic E-state index is 0.0297. The van der Waals surface area contributed by atoms with Crippen LogP contribution in [0.25, 0.3) is 0 Å². The Balaban J connectivity index is 1.83. The molecule has 0 aromatic heterocycles.